The van der Waals surface area contributed by atoms with Gasteiger partial charge >= 0.3 is 12.0 Å². The fourth-order valence-electron chi connectivity index (χ4n) is 2.47. The lowest BCUT2D eigenvalue weighted by Crippen LogP contribution is -2.46. The second-order valence-corrected chi connectivity index (χ2v) is 5.42. The average molecular weight is 286 g/mol. The van der Waals surface area contributed by atoms with Crippen molar-refractivity contribution in [1.29, 1.82) is 0 Å². The van der Waals surface area contributed by atoms with E-state index in [0.29, 0.717) is 12.3 Å². The second kappa shape index (κ2) is 8.79. The molecule has 2 amide bonds. The number of ether oxygens (including phenoxy) is 1. The Morgan fingerprint density at radius 2 is 2.00 bits per heavy atom. The number of carbonyl (C=O) groups is 2. The highest BCUT2D eigenvalue weighted by Crippen LogP contribution is 2.18. The zero-order chi connectivity index (χ0) is 15.0. The van der Waals surface area contributed by atoms with E-state index < -0.39 is 11.9 Å². The van der Waals surface area contributed by atoms with Gasteiger partial charge in [-0.05, 0) is 32.1 Å². The highest BCUT2D eigenvalue weighted by Gasteiger charge is 2.22. The number of carboxylic acid groups (broad SMARTS) is 1. The molecule has 0 bridgehead atoms. The van der Waals surface area contributed by atoms with Crippen molar-refractivity contribution in [3.05, 3.63) is 0 Å². The van der Waals surface area contributed by atoms with Crippen molar-refractivity contribution in [3.8, 4) is 0 Å². The maximum absolute atomic E-state index is 11.8. The molecule has 1 aliphatic rings. The summed E-state index contributed by atoms with van der Waals surface area (Å²) in [7, 11) is 0. The maximum atomic E-state index is 11.8. The van der Waals surface area contributed by atoms with Crippen LogP contribution in [0.15, 0.2) is 0 Å². The van der Waals surface area contributed by atoms with Gasteiger partial charge in [0.15, 0.2) is 0 Å². The molecule has 2 unspecified atom stereocenters. The Balaban J connectivity index is 2.29. The van der Waals surface area contributed by atoms with Crippen molar-refractivity contribution in [3.63, 3.8) is 0 Å². The number of rotatable bonds is 7. The number of urea groups is 1. The Morgan fingerprint density at radius 1 is 1.35 bits per heavy atom. The van der Waals surface area contributed by atoms with Crippen LogP contribution in [-0.4, -0.2) is 42.9 Å². The first-order valence-electron chi connectivity index (χ1n) is 7.39. The molecule has 0 spiro atoms. The Labute approximate surface area is 120 Å². The normalized spacial score (nSPS) is 19.1. The van der Waals surface area contributed by atoms with Crippen molar-refractivity contribution in [1.82, 2.24) is 10.6 Å². The smallest absolute Gasteiger partial charge is 0.315 e. The molecule has 0 saturated carbocycles. The van der Waals surface area contributed by atoms with E-state index in [1.165, 1.54) is 0 Å². The second-order valence-electron chi connectivity index (χ2n) is 5.42. The molecule has 1 saturated heterocycles. The highest BCUT2D eigenvalue weighted by atomic mass is 16.5. The van der Waals surface area contributed by atoms with Crippen LogP contribution in [-0.2, 0) is 9.53 Å². The van der Waals surface area contributed by atoms with Crippen LogP contribution >= 0.6 is 0 Å². The summed E-state index contributed by atoms with van der Waals surface area (Å²) >= 11 is 0. The van der Waals surface area contributed by atoms with Gasteiger partial charge in [-0.1, -0.05) is 13.3 Å². The molecule has 116 valence electrons. The fraction of sp³-hybridized carbons (Fsp3) is 0.857. The average Bonchev–Trinajstić information content (AvgIpc) is 2.44. The summed E-state index contributed by atoms with van der Waals surface area (Å²) in [6, 6.07) is -0.209. The topological polar surface area (TPSA) is 87.7 Å². The third-order valence-electron chi connectivity index (χ3n) is 3.83. The number of carbonyl (C=O) groups excluding carboxylic acids is 1. The summed E-state index contributed by atoms with van der Waals surface area (Å²) < 4.78 is 5.29. The zero-order valence-corrected chi connectivity index (χ0v) is 12.4. The zero-order valence-electron chi connectivity index (χ0n) is 12.4. The van der Waals surface area contributed by atoms with Crippen molar-refractivity contribution < 1.29 is 19.4 Å². The predicted molar refractivity (Wildman–Crippen MR) is 75.6 cm³/mol. The van der Waals surface area contributed by atoms with E-state index in [2.05, 4.69) is 10.6 Å². The monoisotopic (exact) mass is 286 g/mol. The van der Waals surface area contributed by atoms with Crippen LogP contribution in [0, 0.1) is 11.8 Å². The van der Waals surface area contributed by atoms with Gasteiger partial charge in [0.1, 0.15) is 0 Å². The summed E-state index contributed by atoms with van der Waals surface area (Å²) in [5.74, 6) is -0.936. The van der Waals surface area contributed by atoms with Gasteiger partial charge in [0.2, 0.25) is 0 Å². The molecular formula is C14H26N2O4. The van der Waals surface area contributed by atoms with Gasteiger partial charge in [0, 0.05) is 25.8 Å². The first-order chi connectivity index (χ1) is 9.54. The number of hydrogen-bond donors (Lipinski definition) is 3. The van der Waals surface area contributed by atoms with E-state index in [9.17, 15) is 9.59 Å². The Morgan fingerprint density at radius 3 is 2.55 bits per heavy atom. The molecule has 6 heteroatoms. The summed E-state index contributed by atoms with van der Waals surface area (Å²) in [6.45, 7) is 5.58. The molecule has 0 aromatic carbocycles. The Hall–Kier alpha value is -1.30. The van der Waals surface area contributed by atoms with E-state index in [1.807, 2.05) is 13.8 Å². The van der Waals surface area contributed by atoms with Gasteiger partial charge in [-0.3, -0.25) is 4.79 Å². The number of aliphatic carboxylic acids is 1. The van der Waals surface area contributed by atoms with Crippen LogP contribution in [0.5, 0.6) is 0 Å². The van der Waals surface area contributed by atoms with Crippen LogP contribution in [0.3, 0.4) is 0 Å². The van der Waals surface area contributed by atoms with E-state index in [-0.39, 0.29) is 18.6 Å². The molecule has 0 aromatic rings. The van der Waals surface area contributed by atoms with Gasteiger partial charge < -0.3 is 20.5 Å². The standard InChI is InChI=1S/C14H26N2O4/c1-3-4-12(13(17)18)9-15-14(19)16-10(2)11-5-7-20-8-6-11/h10-12H,3-9H2,1-2H3,(H,17,18)(H2,15,16,19). The van der Waals surface area contributed by atoms with Crippen molar-refractivity contribution in [2.24, 2.45) is 11.8 Å². The quantitative estimate of drug-likeness (QED) is 0.663. The first kappa shape index (κ1) is 16.8. The van der Waals surface area contributed by atoms with Crippen molar-refractivity contribution in [2.45, 2.75) is 45.6 Å². The minimum atomic E-state index is -0.857. The number of hydrogen-bond acceptors (Lipinski definition) is 3. The van der Waals surface area contributed by atoms with Crippen LogP contribution < -0.4 is 10.6 Å². The van der Waals surface area contributed by atoms with Crippen molar-refractivity contribution in [2.75, 3.05) is 19.8 Å². The fourth-order valence-corrected chi connectivity index (χ4v) is 2.47. The third-order valence-corrected chi connectivity index (χ3v) is 3.83. The SMILES string of the molecule is CCCC(CNC(=O)NC(C)C1CCOCC1)C(=O)O. The molecule has 1 aliphatic heterocycles. The van der Waals surface area contributed by atoms with Crippen LogP contribution in [0.4, 0.5) is 4.79 Å². The molecule has 3 N–H and O–H groups in total. The van der Waals surface area contributed by atoms with Crippen LogP contribution in [0.25, 0.3) is 0 Å². The summed E-state index contributed by atoms with van der Waals surface area (Å²) in [5.41, 5.74) is 0. The molecule has 0 radical (unpaired) electrons. The lowest BCUT2D eigenvalue weighted by atomic mass is 9.93. The number of nitrogens with one attached hydrogen (secondary N) is 2. The minimum Gasteiger partial charge on any atom is -0.481 e. The van der Waals surface area contributed by atoms with Gasteiger partial charge in [-0.2, -0.15) is 0 Å². The summed E-state index contributed by atoms with van der Waals surface area (Å²) in [5, 5.41) is 14.6. The highest BCUT2D eigenvalue weighted by molar-refractivity contribution is 5.76. The Bertz CT molecular complexity index is 316. The molecule has 1 fully saturated rings. The molecular weight excluding hydrogens is 260 g/mol. The van der Waals surface area contributed by atoms with Crippen LogP contribution in [0.2, 0.25) is 0 Å². The van der Waals surface area contributed by atoms with Gasteiger partial charge in [0.05, 0.1) is 5.92 Å². The number of amides is 2. The number of carboxylic acids is 1. The van der Waals surface area contributed by atoms with Gasteiger partial charge in [-0.15, -0.1) is 0 Å². The molecule has 1 rings (SSSR count). The largest absolute Gasteiger partial charge is 0.481 e. The molecule has 0 aromatic heterocycles. The molecule has 20 heavy (non-hydrogen) atoms. The van der Waals surface area contributed by atoms with E-state index in [4.69, 9.17) is 9.84 Å². The van der Waals surface area contributed by atoms with Gasteiger partial charge in [0.25, 0.3) is 0 Å². The Kier molecular flexibility index (Phi) is 7.36. The molecule has 2 atom stereocenters. The molecule has 6 nitrogen and oxygen atoms in total. The lowest BCUT2D eigenvalue weighted by Gasteiger charge is -2.28. The molecule has 0 aliphatic carbocycles. The van der Waals surface area contributed by atoms with E-state index >= 15 is 0 Å². The summed E-state index contributed by atoms with van der Waals surface area (Å²) in [4.78, 5) is 22.8. The summed E-state index contributed by atoms with van der Waals surface area (Å²) in [6.07, 6.45) is 3.27. The predicted octanol–water partition coefficient (Wildman–Crippen LogP) is 1.60. The van der Waals surface area contributed by atoms with E-state index in [0.717, 1.165) is 32.5 Å². The first-order valence-corrected chi connectivity index (χ1v) is 7.39. The van der Waals surface area contributed by atoms with Crippen molar-refractivity contribution >= 4 is 12.0 Å². The molecule has 1 heterocycles. The van der Waals surface area contributed by atoms with Crippen LogP contribution in [0.1, 0.15) is 39.5 Å². The van der Waals surface area contributed by atoms with E-state index in [1.54, 1.807) is 0 Å². The maximum Gasteiger partial charge on any atom is 0.315 e. The lowest BCUT2D eigenvalue weighted by molar-refractivity contribution is -0.141. The van der Waals surface area contributed by atoms with Gasteiger partial charge in [-0.25, -0.2) is 4.79 Å². The third kappa shape index (κ3) is 5.77. The minimum absolute atomic E-state index is 0.0772.